The second kappa shape index (κ2) is 4.18. The first-order chi connectivity index (χ1) is 8.78. The largest absolute Gasteiger partial charge is 0.492 e. The summed E-state index contributed by atoms with van der Waals surface area (Å²) < 4.78 is 10.8. The second-order valence-corrected chi connectivity index (χ2v) is 4.05. The molecule has 5 heteroatoms. The summed E-state index contributed by atoms with van der Waals surface area (Å²) in [6.07, 6.45) is 0.931. The number of para-hydroxylation sites is 1. The molecule has 18 heavy (non-hydrogen) atoms. The highest BCUT2D eigenvalue weighted by Crippen LogP contribution is 2.36. The SMILES string of the molecule is COc1cc(-c2cccc3c2OCC3)nc(N)n1. The molecule has 0 bridgehead atoms. The molecule has 0 aliphatic carbocycles. The summed E-state index contributed by atoms with van der Waals surface area (Å²) in [5.41, 5.74) is 8.52. The molecule has 1 aromatic carbocycles. The molecule has 0 saturated carbocycles. The summed E-state index contributed by atoms with van der Waals surface area (Å²) in [4.78, 5) is 8.21. The molecule has 5 nitrogen and oxygen atoms in total. The maximum atomic E-state index is 5.67. The lowest BCUT2D eigenvalue weighted by atomic mass is 10.1. The summed E-state index contributed by atoms with van der Waals surface area (Å²) in [6, 6.07) is 7.78. The number of nitrogens with two attached hydrogens (primary N) is 1. The Morgan fingerprint density at radius 1 is 1.33 bits per heavy atom. The predicted octanol–water partition coefficient (Wildman–Crippen LogP) is 1.67. The number of nitrogen functional groups attached to an aromatic ring is 1. The lowest BCUT2D eigenvalue weighted by Crippen LogP contribution is -1.99. The van der Waals surface area contributed by atoms with E-state index in [9.17, 15) is 0 Å². The van der Waals surface area contributed by atoms with Gasteiger partial charge in [0.25, 0.3) is 0 Å². The molecule has 0 unspecified atom stereocenters. The number of benzene rings is 1. The molecule has 2 heterocycles. The van der Waals surface area contributed by atoms with Crippen LogP contribution in [0, 0.1) is 0 Å². The van der Waals surface area contributed by atoms with Crippen molar-refractivity contribution >= 4 is 5.95 Å². The normalized spacial score (nSPS) is 12.9. The van der Waals surface area contributed by atoms with Crippen molar-refractivity contribution in [3.05, 3.63) is 29.8 Å². The van der Waals surface area contributed by atoms with Crippen LogP contribution in [-0.4, -0.2) is 23.7 Å². The summed E-state index contributed by atoms with van der Waals surface area (Å²) in [5, 5.41) is 0. The van der Waals surface area contributed by atoms with E-state index < -0.39 is 0 Å². The number of nitrogens with zero attached hydrogens (tertiary/aromatic N) is 2. The minimum absolute atomic E-state index is 0.194. The van der Waals surface area contributed by atoms with Gasteiger partial charge in [0.2, 0.25) is 11.8 Å². The monoisotopic (exact) mass is 243 g/mol. The van der Waals surface area contributed by atoms with Crippen molar-refractivity contribution in [2.45, 2.75) is 6.42 Å². The third kappa shape index (κ3) is 1.73. The van der Waals surface area contributed by atoms with Crippen molar-refractivity contribution in [1.29, 1.82) is 0 Å². The van der Waals surface area contributed by atoms with Gasteiger partial charge in [0.1, 0.15) is 5.75 Å². The first-order valence-electron chi connectivity index (χ1n) is 5.71. The molecule has 0 spiro atoms. The number of aromatic nitrogens is 2. The topological polar surface area (TPSA) is 70.3 Å². The fourth-order valence-corrected chi connectivity index (χ4v) is 2.10. The summed E-state index contributed by atoms with van der Waals surface area (Å²) in [7, 11) is 1.55. The maximum absolute atomic E-state index is 5.67. The highest BCUT2D eigenvalue weighted by Gasteiger charge is 2.18. The van der Waals surface area contributed by atoms with Crippen LogP contribution in [0.5, 0.6) is 11.6 Å². The fraction of sp³-hybridized carbons (Fsp3) is 0.231. The Morgan fingerprint density at radius 2 is 2.22 bits per heavy atom. The molecular formula is C13H13N3O2. The van der Waals surface area contributed by atoms with Gasteiger partial charge < -0.3 is 15.2 Å². The van der Waals surface area contributed by atoms with Crippen LogP contribution in [0.3, 0.4) is 0 Å². The standard InChI is InChI=1S/C13H13N3O2/c1-17-11-7-10(15-13(14)16-11)9-4-2-3-8-5-6-18-12(8)9/h2-4,7H,5-6H2,1H3,(H2,14,15,16). The smallest absolute Gasteiger partial charge is 0.223 e. The van der Waals surface area contributed by atoms with Crippen molar-refractivity contribution in [3.8, 4) is 22.9 Å². The Labute approximate surface area is 105 Å². The zero-order valence-electron chi connectivity index (χ0n) is 10.0. The lowest BCUT2D eigenvalue weighted by molar-refractivity contribution is 0.358. The van der Waals surface area contributed by atoms with Crippen molar-refractivity contribution in [1.82, 2.24) is 9.97 Å². The Kier molecular flexibility index (Phi) is 2.51. The van der Waals surface area contributed by atoms with Crippen molar-refractivity contribution < 1.29 is 9.47 Å². The molecule has 0 atom stereocenters. The number of methoxy groups -OCH3 is 1. The third-order valence-corrected chi connectivity index (χ3v) is 2.92. The summed E-state index contributed by atoms with van der Waals surface area (Å²) in [6.45, 7) is 0.712. The van der Waals surface area contributed by atoms with Crippen LogP contribution in [-0.2, 0) is 6.42 Å². The quantitative estimate of drug-likeness (QED) is 0.868. The van der Waals surface area contributed by atoms with E-state index in [2.05, 4.69) is 16.0 Å². The van der Waals surface area contributed by atoms with Gasteiger partial charge in [0.15, 0.2) is 0 Å². The molecule has 1 aliphatic heterocycles. The van der Waals surface area contributed by atoms with Crippen LogP contribution in [0.4, 0.5) is 5.95 Å². The average molecular weight is 243 g/mol. The lowest BCUT2D eigenvalue weighted by Gasteiger charge is -2.09. The minimum Gasteiger partial charge on any atom is -0.492 e. The zero-order valence-corrected chi connectivity index (χ0v) is 10.0. The van der Waals surface area contributed by atoms with E-state index in [1.165, 1.54) is 5.56 Å². The second-order valence-electron chi connectivity index (χ2n) is 4.05. The number of rotatable bonds is 2. The molecule has 0 radical (unpaired) electrons. The highest BCUT2D eigenvalue weighted by atomic mass is 16.5. The van der Waals surface area contributed by atoms with Crippen LogP contribution >= 0.6 is 0 Å². The van der Waals surface area contributed by atoms with Gasteiger partial charge in [0.05, 0.1) is 19.4 Å². The molecule has 92 valence electrons. The molecule has 2 aromatic rings. The van der Waals surface area contributed by atoms with Crippen LogP contribution in [0.15, 0.2) is 24.3 Å². The van der Waals surface area contributed by atoms with Crippen LogP contribution < -0.4 is 15.2 Å². The van der Waals surface area contributed by atoms with Crippen molar-refractivity contribution in [2.75, 3.05) is 19.5 Å². The van der Waals surface area contributed by atoms with Crippen molar-refractivity contribution in [3.63, 3.8) is 0 Å². The van der Waals surface area contributed by atoms with E-state index >= 15 is 0 Å². The molecular weight excluding hydrogens is 230 g/mol. The van der Waals surface area contributed by atoms with E-state index in [-0.39, 0.29) is 5.95 Å². The van der Waals surface area contributed by atoms with Crippen LogP contribution in [0.1, 0.15) is 5.56 Å². The third-order valence-electron chi connectivity index (χ3n) is 2.92. The molecule has 2 N–H and O–H groups in total. The van der Waals surface area contributed by atoms with E-state index in [0.29, 0.717) is 12.5 Å². The molecule has 1 aromatic heterocycles. The first kappa shape index (κ1) is 10.8. The Balaban J connectivity index is 2.15. The first-order valence-corrected chi connectivity index (χ1v) is 5.71. The summed E-state index contributed by atoms with van der Waals surface area (Å²) in [5.74, 6) is 1.53. The number of anilines is 1. The number of hydrogen-bond donors (Lipinski definition) is 1. The predicted molar refractivity (Wildman–Crippen MR) is 67.6 cm³/mol. The van der Waals surface area contributed by atoms with Gasteiger partial charge >= 0.3 is 0 Å². The maximum Gasteiger partial charge on any atom is 0.223 e. The van der Waals surface area contributed by atoms with E-state index in [1.807, 2.05) is 12.1 Å². The molecule has 0 amide bonds. The van der Waals surface area contributed by atoms with E-state index in [1.54, 1.807) is 13.2 Å². The Morgan fingerprint density at radius 3 is 3.06 bits per heavy atom. The Hall–Kier alpha value is -2.30. The van der Waals surface area contributed by atoms with Crippen LogP contribution in [0.25, 0.3) is 11.3 Å². The van der Waals surface area contributed by atoms with Crippen LogP contribution in [0.2, 0.25) is 0 Å². The van der Waals surface area contributed by atoms with Gasteiger partial charge in [-0.3, -0.25) is 0 Å². The van der Waals surface area contributed by atoms with E-state index in [0.717, 1.165) is 23.4 Å². The Bertz CT molecular complexity index is 599. The minimum atomic E-state index is 0.194. The average Bonchev–Trinajstić information content (AvgIpc) is 2.85. The fourth-order valence-electron chi connectivity index (χ4n) is 2.10. The molecule has 0 saturated heterocycles. The van der Waals surface area contributed by atoms with Crippen molar-refractivity contribution in [2.24, 2.45) is 0 Å². The van der Waals surface area contributed by atoms with Gasteiger partial charge in [-0.25, -0.2) is 4.98 Å². The molecule has 0 fully saturated rings. The van der Waals surface area contributed by atoms with Gasteiger partial charge in [-0.1, -0.05) is 12.1 Å². The van der Waals surface area contributed by atoms with Gasteiger partial charge in [0, 0.05) is 18.1 Å². The number of ether oxygens (including phenoxy) is 2. The molecule has 3 rings (SSSR count). The number of hydrogen-bond acceptors (Lipinski definition) is 5. The van der Waals surface area contributed by atoms with Gasteiger partial charge in [-0.15, -0.1) is 0 Å². The van der Waals surface area contributed by atoms with Gasteiger partial charge in [-0.05, 0) is 11.6 Å². The highest BCUT2D eigenvalue weighted by molar-refractivity contribution is 5.71. The van der Waals surface area contributed by atoms with Gasteiger partial charge in [-0.2, -0.15) is 4.98 Å². The zero-order chi connectivity index (χ0) is 12.5. The number of fused-ring (bicyclic) bond motifs is 1. The van der Waals surface area contributed by atoms with E-state index in [4.69, 9.17) is 15.2 Å². The summed E-state index contributed by atoms with van der Waals surface area (Å²) >= 11 is 0. The molecule has 1 aliphatic rings.